The zero-order valence-corrected chi connectivity index (χ0v) is 15.7. The van der Waals surface area contributed by atoms with Crippen LogP contribution in [-0.4, -0.2) is 29.1 Å². The average molecular weight is 399 g/mol. The van der Waals surface area contributed by atoms with E-state index in [0.29, 0.717) is 17.2 Å². The van der Waals surface area contributed by atoms with Crippen molar-refractivity contribution < 1.29 is 18.8 Å². The van der Waals surface area contributed by atoms with Crippen LogP contribution in [0.25, 0.3) is 0 Å². The lowest BCUT2D eigenvalue weighted by Gasteiger charge is -2.13. The van der Waals surface area contributed by atoms with Crippen LogP contribution in [-0.2, 0) is 6.54 Å². The Bertz CT molecular complexity index is 1010. The Labute approximate surface area is 165 Å². The predicted octanol–water partition coefficient (Wildman–Crippen LogP) is 3.90. The van der Waals surface area contributed by atoms with Gasteiger partial charge in [0.2, 0.25) is 11.6 Å². The molecule has 0 unspecified atom stereocenters. The highest BCUT2D eigenvalue weighted by Gasteiger charge is 2.24. The third-order valence-electron chi connectivity index (χ3n) is 4.04. The number of nitrogens with zero attached hydrogens (tertiary/aromatic N) is 3. The van der Waals surface area contributed by atoms with Gasteiger partial charge in [0.25, 0.3) is 0 Å². The summed E-state index contributed by atoms with van der Waals surface area (Å²) < 4.78 is 23.5. The van der Waals surface area contributed by atoms with E-state index >= 15 is 0 Å². The van der Waals surface area contributed by atoms with E-state index in [0.717, 1.165) is 5.56 Å². The van der Waals surface area contributed by atoms with Gasteiger partial charge in [-0.2, -0.15) is 0 Å². The third kappa shape index (κ3) is 4.67. The number of hydrogen-bond donors (Lipinski definition) is 2. The minimum Gasteiger partial charge on any atom is -0.497 e. The van der Waals surface area contributed by atoms with Gasteiger partial charge in [-0.25, -0.2) is 14.4 Å². The normalized spacial score (nSPS) is 10.3. The molecule has 1 aromatic heterocycles. The number of aromatic nitrogens is 2. The highest BCUT2D eigenvalue weighted by Crippen LogP contribution is 2.36. The molecular formula is C19H18FN5O4. The molecular weight excluding hydrogens is 381 g/mol. The standard InChI is InChI=1S/C19H18FN5O4/c1-28-14-7-8-15(16(9-14)29-2)24-19-17(25(26)27)18(22-11-23-19)21-10-12-3-5-13(20)6-4-12/h3-9,11H,10H2,1-2H3,(H2,21,22,23,24). The number of halogens is 1. The molecule has 0 spiro atoms. The number of ether oxygens (including phenoxy) is 2. The summed E-state index contributed by atoms with van der Waals surface area (Å²) in [5.74, 6) is 0.672. The topological polar surface area (TPSA) is 111 Å². The molecule has 3 aromatic rings. The molecule has 9 nitrogen and oxygen atoms in total. The van der Waals surface area contributed by atoms with Crippen LogP contribution in [0.1, 0.15) is 5.56 Å². The van der Waals surface area contributed by atoms with Gasteiger partial charge in [0, 0.05) is 12.6 Å². The van der Waals surface area contributed by atoms with Crippen LogP contribution in [0, 0.1) is 15.9 Å². The number of anilines is 3. The summed E-state index contributed by atoms with van der Waals surface area (Å²) in [5, 5.41) is 17.5. The maximum atomic E-state index is 13.0. The lowest BCUT2D eigenvalue weighted by atomic mass is 10.2. The molecule has 0 saturated carbocycles. The van der Waals surface area contributed by atoms with Crippen molar-refractivity contribution in [3.63, 3.8) is 0 Å². The Morgan fingerprint density at radius 1 is 1.07 bits per heavy atom. The van der Waals surface area contributed by atoms with Crippen molar-refractivity contribution in [1.29, 1.82) is 0 Å². The van der Waals surface area contributed by atoms with Crippen LogP contribution in [0.15, 0.2) is 48.8 Å². The zero-order valence-electron chi connectivity index (χ0n) is 15.7. The van der Waals surface area contributed by atoms with E-state index in [2.05, 4.69) is 20.6 Å². The molecule has 0 bridgehead atoms. The molecule has 150 valence electrons. The van der Waals surface area contributed by atoms with Crippen LogP contribution in [0.3, 0.4) is 0 Å². The lowest BCUT2D eigenvalue weighted by Crippen LogP contribution is -2.08. The van der Waals surface area contributed by atoms with Gasteiger partial charge < -0.3 is 20.1 Å². The second-order valence-corrected chi connectivity index (χ2v) is 5.85. The molecule has 10 heteroatoms. The van der Waals surface area contributed by atoms with Crippen LogP contribution in [0.2, 0.25) is 0 Å². The maximum absolute atomic E-state index is 13.0. The van der Waals surface area contributed by atoms with Gasteiger partial charge in [0.15, 0.2) is 0 Å². The summed E-state index contributed by atoms with van der Waals surface area (Å²) >= 11 is 0. The van der Waals surface area contributed by atoms with Gasteiger partial charge in [-0.3, -0.25) is 10.1 Å². The molecule has 0 amide bonds. The smallest absolute Gasteiger partial charge is 0.353 e. The van der Waals surface area contributed by atoms with Crippen molar-refractivity contribution in [2.24, 2.45) is 0 Å². The monoisotopic (exact) mass is 399 g/mol. The summed E-state index contributed by atoms with van der Waals surface area (Å²) in [7, 11) is 3.00. The van der Waals surface area contributed by atoms with Gasteiger partial charge in [-0.1, -0.05) is 12.1 Å². The molecule has 1 heterocycles. The third-order valence-corrected chi connectivity index (χ3v) is 4.04. The first-order valence-electron chi connectivity index (χ1n) is 8.48. The van der Waals surface area contributed by atoms with Gasteiger partial charge in [0.1, 0.15) is 23.6 Å². The van der Waals surface area contributed by atoms with E-state index in [1.54, 1.807) is 30.3 Å². The largest absolute Gasteiger partial charge is 0.497 e. The van der Waals surface area contributed by atoms with E-state index in [1.807, 2.05) is 0 Å². The Hall–Kier alpha value is -3.95. The Balaban J connectivity index is 1.89. The SMILES string of the molecule is COc1ccc(Nc2ncnc(NCc3ccc(F)cc3)c2[N+](=O)[O-])c(OC)c1. The number of rotatable bonds is 8. The Kier molecular flexibility index (Phi) is 6.03. The number of hydrogen-bond acceptors (Lipinski definition) is 8. The zero-order chi connectivity index (χ0) is 20.8. The molecule has 0 aliphatic rings. The molecule has 0 fully saturated rings. The van der Waals surface area contributed by atoms with Crippen LogP contribution >= 0.6 is 0 Å². The summed E-state index contributed by atoms with van der Waals surface area (Å²) in [6.45, 7) is 0.226. The lowest BCUT2D eigenvalue weighted by molar-refractivity contribution is -0.383. The first-order valence-corrected chi connectivity index (χ1v) is 8.48. The minimum atomic E-state index is -0.578. The number of methoxy groups -OCH3 is 2. The van der Waals surface area contributed by atoms with Crippen LogP contribution < -0.4 is 20.1 Å². The molecule has 0 atom stereocenters. The molecule has 0 saturated heterocycles. The predicted molar refractivity (Wildman–Crippen MR) is 105 cm³/mol. The summed E-state index contributed by atoms with van der Waals surface area (Å²) in [5.41, 5.74) is 0.887. The fraction of sp³-hybridized carbons (Fsp3) is 0.158. The van der Waals surface area contributed by atoms with Gasteiger partial charge in [-0.15, -0.1) is 0 Å². The molecule has 0 radical (unpaired) electrons. The van der Waals surface area contributed by atoms with Crippen molar-refractivity contribution in [3.05, 3.63) is 70.3 Å². The first-order chi connectivity index (χ1) is 14.0. The number of benzene rings is 2. The van der Waals surface area contributed by atoms with Crippen molar-refractivity contribution in [2.75, 3.05) is 24.9 Å². The summed E-state index contributed by atoms with van der Waals surface area (Å²) in [6, 6.07) is 10.8. The Morgan fingerprint density at radius 3 is 2.45 bits per heavy atom. The quantitative estimate of drug-likeness (QED) is 0.433. The molecule has 0 aliphatic carbocycles. The highest BCUT2D eigenvalue weighted by molar-refractivity contribution is 5.76. The molecule has 0 aliphatic heterocycles. The number of nitrogens with one attached hydrogen (secondary N) is 2. The van der Waals surface area contributed by atoms with Crippen molar-refractivity contribution in [1.82, 2.24) is 9.97 Å². The molecule has 2 N–H and O–H groups in total. The van der Waals surface area contributed by atoms with E-state index in [1.165, 1.54) is 32.7 Å². The van der Waals surface area contributed by atoms with E-state index < -0.39 is 4.92 Å². The number of nitro groups is 1. The molecule has 29 heavy (non-hydrogen) atoms. The second-order valence-electron chi connectivity index (χ2n) is 5.85. The molecule has 2 aromatic carbocycles. The molecule has 3 rings (SSSR count). The van der Waals surface area contributed by atoms with Crippen molar-refractivity contribution >= 4 is 23.0 Å². The fourth-order valence-electron chi connectivity index (χ4n) is 2.59. The first kappa shape index (κ1) is 19.8. The summed E-state index contributed by atoms with van der Waals surface area (Å²) in [4.78, 5) is 19.1. The van der Waals surface area contributed by atoms with Crippen LogP contribution in [0.5, 0.6) is 11.5 Å². The Morgan fingerprint density at radius 2 is 1.79 bits per heavy atom. The van der Waals surface area contributed by atoms with E-state index in [-0.39, 0.29) is 29.7 Å². The van der Waals surface area contributed by atoms with Gasteiger partial charge >= 0.3 is 5.69 Å². The van der Waals surface area contributed by atoms with E-state index in [4.69, 9.17) is 9.47 Å². The summed E-state index contributed by atoms with van der Waals surface area (Å²) in [6.07, 6.45) is 1.21. The van der Waals surface area contributed by atoms with Gasteiger partial charge in [0.05, 0.1) is 24.8 Å². The van der Waals surface area contributed by atoms with Gasteiger partial charge in [-0.05, 0) is 29.8 Å². The second kappa shape index (κ2) is 8.83. The highest BCUT2D eigenvalue weighted by atomic mass is 19.1. The van der Waals surface area contributed by atoms with Crippen molar-refractivity contribution in [3.8, 4) is 11.5 Å². The maximum Gasteiger partial charge on any atom is 0.353 e. The minimum absolute atomic E-state index is 0.00456. The van der Waals surface area contributed by atoms with E-state index in [9.17, 15) is 14.5 Å². The van der Waals surface area contributed by atoms with Crippen molar-refractivity contribution in [2.45, 2.75) is 6.54 Å². The van der Waals surface area contributed by atoms with Crippen LogP contribution in [0.4, 0.5) is 27.4 Å². The fourth-order valence-corrected chi connectivity index (χ4v) is 2.59. The average Bonchev–Trinajstić information content (AvgIpc) is 2.73.